The van der Waals surface area contributed by atoms with Gasteiger partial charge in [0, 0.05) is 24.2 Å². The number of nitrogens with one attached hydrogen (secondary N) is 1. The zero-order valence-electron chi connectivity index (χ0n) is 14.2. The monoisotopic (exact) mass is 331 g/mol. The first kappa shape index (κ1) is 17.5. The lowest BCUT2D eigenvalue weighted by Crippen LogP contribution is -2.24. The summed E-state index contributed by atoms with van der Waals surface area (Å²) in [6.45, 7) is 0.321. The van der Waals surface area contributed by atoms with E-state index in [1.165, 1.54) is 21.3 Å². The zero-order chi connectivity index (χ0) is 17.5. The Morgan fingerprint density at radius 2 is 1.46 bits per heavy atom. The van der Waals surface area contributed by atoms with Crippen molar-refractivity contribution in [2.45, 2.75) is 6.54 Å². The van der Waals surface area contributed by atoms with Crippen molar-refractivity contribution < 1.29 is 23.7 Å². The quantitative estimate of drug-likeness (QED) is 0.845. The van der Waals surface area contributed by atoms with Crippen molar-refractivity contribution in [1.29, 1.82) is 0 Å². The van der Waals surface area contributed by atoms with Crippen LogP contribution in [0, 0.1) is 0 Å². The third-order valence-corrected chi connectivity index (χ3v) is 3.57. The molecule has 1 amide bonds. The van der Waals surface area contributed by atoms with Crippen molar-refractivity contribution in [1.82, 2.24) is 5.32 Å². The number of carbonyl (C=O) groups is 1. The minimum Gasteiger partial charge on any atom is -0.496 e. The number of para-hydroxylation sites is 1. The van der Waals surface area contributed by atoms with Gasteiger partial charge in [0.05, 0.1) is 28.4 Å². The summed E-state index contributed by atoms with van der Waals surface area (Å²) in [6, 6.07) is 10.8. The second-order valence-corrected chi connectivity index (χ2v) is 4.90. The molecule has 0 atom stereocenters. The third kappa shape index (κ3) is 3.71. The van der Waals surface area contributed by atoms with Gasteiger partial charge in [0.15, 0.2) is 0 Å². The molecule has 2 aromatic rings. The zero-order valence-corrected chi connectivity index (χ0v) is 14.2. The lowest BCUT2D eigenvalue weighted by molar-refractivity contribution is 0.0944. The average molecular weight is 331 g/mol. The molecule has 0 radical (unpaired) electrons. The second kappa shape index (κ2) is 8.10. The Bertz CT molecular complexity index is 689. The summed E-state index contributed by atoms with van der Waals surface area (Å²) in [5.74, 6) is 1.71. The van der Waals surface area contributed by atoms with Gasteiger partial charge in [-0.1, -0.05) is 18.2 Å². The lowest BCUT2D eigenvalue weighted by atomic mass is 10.1. The van der Waals surface area contributed by atoms with Crippen molar-refractivity contribution in [3.63, 3.8) is 0 Å². The number of amides is 1. The van der Waals surface area contributed by atoms with E-state index in [2.05, 4.69) is 5.32 Å². The molecule has 0 saturated carbocycles. The highest BCUT2D eigenvalue weighted by Gasteiger charge is 2.20. The molecule has 0 aliphatic carbocycles. The third-order valence-electron chi connectivity index (χ3n) is 3.57. The molecular formula is C18H21NO5. The van der Waals surface area contributed by atoms with E-state index in [-0.39, 0.29) is 5.91 Å². The van der Waals surface area contributed by atoms with E-state index in [1.54, 1.807) is 19.2 Å². The number of hydrogen-bond donors (Lipinski definition) is 1. The van der Waals surface area contributed by atoms with Crippen molar-refractivity contribution in [2.24, 2.45) is 0 Å². The van der Waals surface area contributed by atoms with E-state index in [4.69, 9.17) is 18.9 Å². The Morgan fingerprint density at radius 3 is 2.00 bits per heavy atom. The van der Waals surface area contributed by atoms with E-state index in [1.807, 2.05) is 24.3 Å². The first-order valence-electron chi connectivity index (χ1n) is 7.34. The summed E-state index contributed by atoms with van der Waals surface area (Å²) in [5.41, 5.74) is 1.19. The molecule has 0 aromatic heterocycles. The van der Waals surface area contributed by atoms with Crippen molar-refractivity contribution in [3.05, 3.63) is 47.5 Å². The standard InChI is InChI=1S/C18H21NO5/c1-21-13-9-15(23-3)17(16(10-13)24-4)18(20)19-11-12-7-5-6-8-14(12)22-2/h5-10H,11H2,1-4H3,(H,19,20). The summed E-state index contributed by atoms with van der Waals surface area (Å²) < 4.78 is 21.1. The number of benzene rings is 2. The smallest absolute Gasteiger partial charge is 0.259 e. The summed E-state index contributed by atoms with van der Waals surface area (Å²) in [4.78, 5) is 12.6. The number of rotatable bonds is 7. The molecule has 6 nitrogen and oxygen atoms in total. The van der Waals surface area contributed by atoms with Crippen LogP contribution >= 0.6 is 0 Å². The van der Waals surface area contributed by atoms with E-state index >= 15 is 0 Å². The van der Waals surface area contributed by atoms with Crippen LogP contribution in [0.2, 0.25) is 0 Å². The van der Waals surface area contributed by atoms with Gasteiger partial charge in [-0.25, -0.2) is 0 Å². The van der Waals surface area contributed by atoms with Crippen LogP contribution in [-0.4, -0.2) is 34.3 Å². The van der Waals surface area contributed by atoms with Gasteiger partial charge in [0.2, 0.25) is 0 Å². The molecule has 24 heavy (non-hydrogen) atoms. The molecule has 0 bridgehead atoms. The van der Waals surface area contributed by atoms with Crippen LogP contribution in [0.25, 0.3) is 0 Å². The first-order valence-corrected chi connectivity index (χ1v) is 7.34. The molecule has 0 aliphatic heterocycles. The highest BCUT2D eigenvalue weighted by Crippen LogP contribution is 2.34. The van der Waals surface area contributed by atoms with E-state index in [0.717, 1.165) is 5.56 Å². The second-order valence-electron chi connectivity index (χ2n) is 4.90. The molecule has 1 N–H and O–H groups in total. The number of ether oxygens (including phenoxy) is 4. The normalized spacial score (nSPS) is 10.0. The molecule has 0 heterocycles. The maximum atomic E-state index is 12.6. The Kier molecular flexibility index (Phi) is 5.89. The molecule has 0 saturated heterocycles. The van der Waals surface area contributed by atoms with Crippen molar-refractivity contribution in [2.75, 3.05) is 28.4 Å². The van der Waals surface area contributed by atoms with Crippen LogP contribution in [-0.2, 0) is 6.54 Å². The predicted octanol–water partition coefficient (Wildman–Crippen LogP) is 2.65. The van der Waals surface area contributed by atoms with Crippen LogP contribution in [0.1, 0.15) is 15.9 Å². The fourth-order valence-electron chi connectivity index (χ4n) is 2.34. The molecular weight excluding hydrogens is 310 g/mol. The Balaban J connectivity index is 2.26. The average Bonchev–Trinajstić information content (AvgIpc) is 2.64. The Labute approximate surface area is 141 Å². The van der Waals surface area contributed by atoms with Gasteiger partial charge in [0.25, 0.3) is 5.91 Å². The topological polar surface area (TPSA) is 66.0 Å². The van der Waals surface area contributed by atoms with Crippen LogP contribution < -0.4 is 24.3 Å². The fraction of sp³-hybridized carbons (Fsp3) is 0.278. The minimum atomic E-state index is -0.308. The SMILES string of the molecule is COc1cc(OC)c(C(=O)NCc2ccccc2OC)c(OC)c1. The summed E-state index contributed by atoms with van der Waals surface area (Å²) >= 11 is 0. The molecule has 6 heteroatoms. The van der Waals surface area contributed by atoms with Gasteiger partial charge in [0.1, 0.15) is 28.6 Å². The fourth-order valence-corrected chi connectivity index (χ4v) is 2.34. The largest absolute Gasteiger partial charge is 0.496 e. The van der Waals surface area contributed by atoms with Crippen molar-refractivity contribution in [3.8, 4) is 23.0 Å². The summed E-state index contributed by atoms with van der Waals surface area (Å²) in [7, 11) is 6.11. The van der Waals surface area contributed by atoms with E-state index in [9.17, 15) is 4.79 Å². The minimum absolute atomic E-state index is 0.308. The van der Waals surface area contributed by atoms with Gasteiger partial charge in [-0.05, 0) is 6.07 Å². The van der Waals surface area contributed by atoms with Gasteiger partial charge in [-0.15, -0.1) is 0 Å². The van der Waals surface area contributed by atoms with Crippen LogP contribution in [0.15, 0.2) is 36.4 Å². The van der Waals surface area contributed by atoms with Gasteiger partial charge < -0.3 is 24.3 Å². The van der Waals surface area contributed by atoms with Crippen LogP contribution in [0.4, 0.5) is 0 Å². The number of methoxy groups -OCH3 is 4. The first-order chi connectivity index (χ1) is 11.6. The highest BCUT2D eigenvalue weighted by molar-refractivity contribution is 6.00. The molecule has 0 unspecified atom stereocenters. The molecule has 128 valence electrons. The molecule has 2 aromatic carbocycles. The number of hydrogen-bond acceptors (Lipinski definition) is 5. The highest BCUT2D eigenvalue weighted by atomic mass is 16.5. The van der Waals surface area contributed by atoms with Gasteiger partial charge >= 0.3 is 0 Å². The maximum absolute atomic E-state index is 12.6. The summed E-state index contributed by atoms with van der Waals surface area (Å²) in [5, 5.41) is 2.86. The van der Waals surface area contributed by atoms with E-state index in [0.29, 0.717) is 35.1 Å². The predicted molar refractivity (Wildman–Crippen MR) is 90.3 cm³/mol. The van der Waals surface area contributed by atoms with Crippen molar-refractivity contribution >= 4 is 5.91 Å². The number of carbonyl (C=O) groups excluding carboxylic acids is 1. The molecule has 0 spiro atoms. The van der Waals surface area contributed by atoms with Crippen LogP contribution in [0.5, 0.6) is 23.0 Å². The van der Waals surface area contributed by atoms with Crippen LogP contribution in [0.3, 0.4) is 0 Å². The Hall–Kier alpha value is -2.89. The van der Waals surface area contributed by atoms with E-state index < -0.39 is 0 Å². The summed E-state index contributed by atoms with van der Waals surface area (Å²) in [6.07, 6.45) is 0. The lowest BCUT2D eigenvalue weighted by Gasteiger charge is -2.15. The Morgan fingerprint density at radius 1 is 0.875 bits per heavy atom. The molecule has 0 aliphatic rings. The maximum Gasteiger partial charge on any atom is 0.259 e. The molecule has 0 fully saturated rings. The molecule has 2 rings (SSSR count). The van der Waals surface area contributed by atoms with Gasteiger partial charge in [-0.2, -0.15) is 0 Å². The van der Waals surface area contributed by atoms with Gasteiger partial charge in [-0.3, -0.25) is 4.79 Å².